The number of benzene rings is 1. The number of hydrogen-bond donors (Lipinski definition) is 2. The molecule has 2 aliphatic rings. The van der Waals surface area contributed by atoms with Gasteiger partial charge in [-0.1, -0.05) is 18.2 Å². The number of anilines is 1. The van der Waals surface area contributed by atoms with Crippen LogP contribution < -0.4 is 10.6 Å². The minimum atomic E-state index is -2.71. The molecular formula is C34H37F3N10O3. The number of aryl methyl sites for hydroxylation is 1. The second-order valence-corrected chi connectivity index (χ2v) is 12.6. The summed E-state index contributed by atoms with van der Waals surface area (Å²) < 4.78 is 50.5. The smallest absolute Gasteiger partial charge is 0.320 e. The molecule has 13 nitrogen and oxygen atoms in total. The molecule has 2 atom stereocenters. The molecule has 2 amide bonds. The summed E-state index contributed by atoms with van der Waals surface area (Å²) in [5, 5.41) is 17.9. The van der Waals surface area contributed by atoms with Crippen molar-refractivity contribution in [1.29, 1.82) is 0 Å². The zero-order valence-electron chi connectivity index (χ0n) is 27.8. The number of nitrogens with zero attached hydrogens (tertiary/aromatic N) is 8. The number of hydroxylamine groups is 2. The quantitative estimate of drug-likeness (QED) is 0.202. The molecule has 5 aromatic rings. The zero-order valence-corrected chi connectivity index (χ0v) is 27.8. The van der Waals surface area contributed by atoms with Crippen molar-refractivity contribution in [2.45, 2.75) is 38.0 Å². The number of methoxy groups -OCH3 is 1. The number of pyridine rings is 2. The van der Waals surface area contributed by atoms with E-state index in [4.69, 9.17) is 14.7 Å². The molecule has 1 aromatic carbocycles. The number of fused-ring (bicyclic) bond motifs is 1. The van der Waals surface area contributed by atoms with Gasteiger partial charge in [-0.2, -0.15) is 19.7 Å². The van der Waals surface area contributed by atoms with Gasteiger partial charge in [0.25, 0.3) is 5.92 Å². The first-order valence-corrected chi connectivity index (χ1v) is 16.3. The Balaban J connectivity index is 1.19. The van der Waals surface area contributed by atoms with E-state index in [0.717, 1.165) is 5.39 Å². The number of alkyl halides is 2. The molecule has 2 saturated heterocycles. The number of urea groups is 1. The molecule has 4 aromatic heterocycles. The summed E-state index contributed by atoms with van der Waals surface area (Å²) in [5.41, 5.74) is 4.43. The molecule has 0 saturated carbocycles. The molecule has 0 aliphatic carbocycles. The van der Waals surface area contributed by atoms with Gasteiger partial charge >= 0.3 is 6.03 Å². The Kier molecular flexibility index (Phi) is 9.26. The molecule has 6 heterocycles. The van der Waals surface area contributed by atoms with Gasteiger partial charge in [-0.15, -0.1) is 0 Å². The molecule has 16 heteroatoms. The Bertz CT molecular complexity index is 2000. The molecule has 7 rings (SSSR count). The van der Waals surface area contributed by atoms with Gasteiger partial charge in [-0.05, 0) is 42.8 Å². The maximum Gasteiger partial charge on any atom is 0.320 e. The van der Waals surface area contributed by atoms with Crippen LogP contribution in [0.5, 0.6) is 0 Å². The summed E-state index contributed by atoms with van der Waals surface area (Å²) in [4.78, 5) is 29.8. The number of hydrogen-bond acceptors (Lipinski definition) is 9. The SMILES string of the molecule is COCCN1C[C@@H](NC(=O)Nc2c(C)c(-c3cnc4c(c3)c(CN3CCC(F)(F)C3)nn4C)nn2-c2ccccc2)[C@H](c2ccnc(F)c2)O1. The molecule has 2 aliphatic heterocycles. The van der Waals surface area contributed by atoms with Crippen LogP contribution in [0.25, 0.3) is 28.0 Å². The number of halogens is 3. The number of likely N-dealkylation sites (tertiary alicyclic amines) is 1. The van der Waals surface area contributed by atoms with Crippen LogP contribution >= 0.6 is 0 Å². The monoisotopic (exact) mass is 690 g/mol. The van der Waals surface area contributed by atoms with Crippen LogP contribution in [0, 0.1) is 12.9 Å². The van der Waals surface area contributed by atoms with E-state index in [1.165, 1.54) is 12.3 Å². The van der Waals surface area contributed by atoms with E-state index < -0.39 is 30.0 Å². The molecule has 0 radical (unpaired) electrons. The van der Waals surface area contributed by atoms with Gasteiger partial charge in [0.1, 0.15) is 11.9 Å². The Morgan fingerprint density at radius 2 is 1.96 bits per heavy atom. The lowest BCUT2D eigenvalue weighted by atomic mass is 10.0. The van der Waals surface area contributed by atoms with Gasteiger partial charge in [0.2, 0.25) is 5.95 Å². The second kappa shape index (κ2) is 13.8. The van der Waals surface area contributed by atoms with Gasteiger partial charge in [0, 0.05) is 75.7 Å². The third-order valence-electron chi connectivity index (χ3n) is 8.97. The van der Waals surface area contributed by atoms with Crippen LogP contribution in [0.1, 0.15) is 29.3 Å². The van der Waals surface area contributed by atoms with Crippen LogP contribution in [0.2, 0.25) is 0 Å². The van der Waals surface area contributed by atoms with E-state index in [2.05, 4.69) is 25.7 Å². The van der Waals surface area contributed by atoms with Crippen molar-refractivity contribution in [2.75, 3.05) is 45.2 Å². The van der Waals surface area contributed by atoms with Gasteiger partial charge in [-0.3, -0.25) is 19.7 Å². The number of nitrogens with one attached hydrogen (secondary N) is 2. The summed E-state index contributed by atoms with van der Waals surface area (Å²) in [6, 6.07) is 13.2. The third kappa shape index (κ3) is 6.92. The van der Waals surface area contributed by atoms with E-state index in [1.807, 2.05) is 43.3 Å². The molecule has 262 valence electrons. The Morgan fingerprint density at radius 1 is 1.14 bits per heavy atom. The van der Waals surface area contributed by atoms with E-state index in [0.29, 0.717) is 64.9 Å². The number of para-hydroxylation sites is 1. The molecular weight excluding hydrogens is 653 g/mol. The zero-order chi connectivity index (χ0) is 35.0. The predicted octanol–water partition coefficient (Wildman–Crippen LogP) is 4.63. The fourth-order valence-electron chi connectivity index (χ4n) is 6.53. The number of aromatic nitrogens is 6. The number of rotatable bonds is 10. The van der Waals surface area contributed by atoms with Crippen LogP contribution in [0.15, 0.2) is 60.9 Å². The Labute approximate surface area is 285 Å². The van der Waals surface area contributed by atoms with Crippen molar-refractivity contribution in [2.24, 2.45) is 7.05 Å². The molecule has 2 fully saturated rings. The second-order valence-electron chi connectivity index (χ2n) is 12.6. The normalized spacial score (nSPS) is 19.4. The Hall–Kier alpha value is -4.90. The highest BCUT2D eigenvalue weighted by Crippen LogP contribution is 2.34. The standard InChI is InChI=1S/C34H37F3N10O3/c1-21-29(23-15-25-26(42-44(2)32(25)39-17-23)18-45-12-10-34(36,37)20-45)43-47(24-7-5-4-6-8-24)31(21)41-33(48)40-27-19-46(13-14-49-3)50-30(27)22-9-11-38-28(35)16-22/h4-9,11,15-17,27,30H,10,12-14,18-20H2,1-3H3,(H2,40,41,48)/t27-,30+/m1/s1. The fourth-order valence-corrected chi connectivity index (χ4v) is 6.53. The van der Waals surface area contributed by atoms with Crippen molar-refractivity contribution < 1.29 is 27.5 Å². The van der Waals surface area contributed by atoms with E-state index in [9.17, 15) is 18.0 Å². The first-order chi connectivity index (χ1) is 24.1. The molecule has 50 heavy (non-hydrogen) atoms. The third-order valence-corrected chi connectivity index (χ3v) is 8.97. The molecule has 0 unspecified atom stereocenters. The van der Waals surface area contributed by atoms with Crippen molar-refractivity contribution in [3.8, 4) is 16.9 Å². The van der Waals surface area contributed by atoms with Crippen molar-refractivity contribution in [1.82, 2.24) is 44.8 Å². The van der Waals surface area contributed by atoms with E-state index in [1.54, 1.807) is 45.7 Å². The fraction of sp³-hybridized carbons (Fsp3) is 0.382. The average molecular weight is 691 g/mol. The first kappa shape index (κ1) is 33.6. The largest absolute Gasteiger partial charge is 0.383 e. The minimum absolute atomic E-state index is 0.177. The van der Waals surface area contributed by atoms with Crippen molar-refractivity contribution in [3.05, 3.63) is 83.7 Å². The molecule has 0 bridgehead atoms. The van der Waals surface area contributed by atoms with Crippen LogP contribution in [0.3, 0.4) is 0 Å². The summed E-state index contributed by atoms with van der Waals surface area (Å²) >= 11 is 0. The lowest BCUT2D eigenvalue weighted by Gasteiger charge is -2.19. The minimum Gasteiger partial charge on any atom is -0.383 e. The summed E-state index contributed by atoms with van der Waals surface area (Å²) in [6.45, 7) is 3.29. The van der Waals surface area contributed by atoms with Crippen molar-refractivity contribution >= 4 is 22.9 Å². The highest BCUT2D eigenvalue weighted by Gasteiger charge is 2.39. The van der Waals surface area contributed by atoms with Gasteiger partial charge in [-0.25, -0.2) is 28.2 Å². The summed E-state index contributed by atoms with van der Waals surface area (Å²) in [6.07, 6.45) is 2.21. The maximum atomic E-state index is 14.1. The maximum absolute atomic E-state index is 14.1. The van der Waals surface area contributed by atoms with Gasteiger partial charge in [0.15, 0.2) is 5.65 Å². The van der Waals surface area contributed by atoms with Crippen LogP contribution in [-0.4, -0.2) is 97.4 Å². The van der Waals surface area contributed by atoms with Crippen molar-refractivity contribution in [3.63, 3.8) is 0 Å². The summed E-state index contributed by atoms with van der Waals surface area (Å²) in [7, 11) is 3.36. The number of ether oxygens (including phenoxy) is 1. The summed E-state index contributed by atoms with van der Waals surface area (Å²) in [5.74, 6) is -2.93. The molecule has 2 N–H and O–H groups in total. The lowest BCUT2D eigenvalue weighted by Crippen LogP contribution is -2.42. The first-order valence-electron chi connectivity index (χ1n) is 16.3. The van der Waals surface area contributed by atoms with E-state index >= 15 is 0 Å². The number of amides is 2. The highest BCUT2D eigenvalue weighted by atomic mass is 19.3. The van der Waals surface area contributed by atoms with E-state index in [-0.39, 0.29) is 26.1 Å². The highest BCUT2D eigenvalue weighted by molar-refractivity contribution is 5.92. The average Bonchev–Trinajstić information content (AvgIpc) is 3.84. The van der Waals surface area contributed by atoms with Crippen LogP contribution in [0.4, 0.5) is 23.8 Å². The Morgan fingerprint density at radius 3 is 2.70 bits per heavy atom. The lowest BCUT2D eigenvalue weighted by molar-refractivity contribution is -0.154. The number of carbonyl (C=O) groups is 1. The predicted molar refractivity (Wildman–Crippen MR) is 178 cm³/mol. The molecule has 0 spiro atoms. The van der Waals surface area contributed by atoms with Crippen LogP contribution in [-0.2, 0) is 23.2 Å². The number of carbonyl (C=O) groups excluding carboxylic acids is 1. The topological polar surface area (TPSA) is 127 Å². The van der Waals surface area contributed by atoms with Gasteiger partial charge in [0.05, 0.1) is 36.3 Å². The van der Waals surface area contributed by atoms with Gasteiger partial charge < -0.3 is 10.1 Å².